The van der Waals surface area contributed by atoms with Gasteiger partial charge in [-0.3, -0.25) is 10.2 Å². The van der Waals surface area contributed by atoms with Gasteiger partial charge in [-0.25, -0.2) is 21.6 Å². The Kier molecular flexibility index (Phi) is 5.65. The van der Waals surface area contributed by atoms with Gasteiger partial charge in [-0.15, -0.1) is 4.83 Å². The van der Waals surface area contributed by atoms with Gasteiger partial charge in [0.15, 0.2) is 24.1 Å². The van der Waals surface area contributed by atoms with Gasteiger partial charge < -0.3 is 4.74 Å². The number of hydrogen-bond donors (Lipinski definition) is 2. The van der Waals surface area contributed by atoms with Gasteiger partial charge in [0.1, 0.15) is 10.6 Å². The topological polar surface area (TPSA) is 84.5 Å². The van der Waals surface area contributed by atoms with Crippen molar-refractivity contribution < 1.29 is 31.1 Å². The van der Waals surface area contributed by atoms with Crippen LogP contribution < -0.4 is 15.0 Å². The fourth-order valence-corrected chi connectivity index (χ4v) is 2.72. The molecular weight excluding hydrogens is 361 g/mol. The number of benzene rings is 2. The lowest BCUT2D eigenvalue weighted by molar-refractivity contribution is -0.123. The molecule has 0 fully saturated rings. The van der Waals surface area contributed by atoms with E-state index in [0.29, 0.717) is 17.9 Å². The van der Waals surface area contributed by atoms with Crippen LogP contribution in [0, 0.1) is 24.4 Å². The highest BCUT2D eigenvalue weighted by Gasteiger charge is 2.24. The van der Waals surface area contributed by atoms with E-state index in [1.54, 1.807) is 41.4 Å². The standard InChI is InChI=1S/C15H13F3N2O4S/c1-9-4-2-3-5-11(9)24-8-13(21)19-20-25(22,23)12-7-6-10(16)14(17)15(12)18/h2-7,20H,8H2,1H3,(H,19,21). The molecule has 0 aliphatic rings. The maximum atomic E-state index is 13.5. The van der Waals surface area contributed by atoms with Gasteiger partial charge in [-0.2, -0.15) is 0 Å². The molecule has 0 radical (unpaired) electrons. The first-order valence-electron chi connectivity index (χ1n) is 6.85. The minimum atomic E-state index is -4.64. The largest absolute Gasteiger partial charge is 0.483 e. The Labute approximate surface area is 141 Å². The van der Waals surface area contributed by atoms with Crippen LogP contribution in [0.3, 0.4) is 0 Å². The van der Waals surface area contributed by atoms with E-state index in [1.807, 2.05) is 0 Å². The van der Waals surface area contributed by atoms with Crippen LogP contribution in [0.15, 0.2) is 41.3 Å². The Bertz CT molecular complexity index is 904. The van der Waals surface area contributed by atoms with Gasteiger partial charge in [-0.1, -0.05) is 18.2 Å². The van der Waals surface area contributed by atoms with Crippen LogP contribution in [-0.2, 0) is 14.8 Å². The van der Waals surface area contributed by atoms with Crippen LogP contribution in [0.5, 0.6) is 5.75 Å². The second-order valence-corrected chi connectivity index (χ2v) is 6.53. The van der Waals surface area contributed by atoms with Crippen molar-refractivity contribution in [3.8, 4) is 5.75 Å². The van der Waals surface area contributed by atoms with Gasteiger partial charge in [0.2, 0.25) is 0 Å². The van der Waals surface area contributed by atoms with E-state index in [2.05, 4.69) is 0 Å². The summed E-state index contributed by atoms with van der Waals surface area (Å²) in [5.74, 6) is -5.82. The third-order valence-electron chi connectivity index (χ3n) is 3.07. The number of carbonyl (C=O) groups excluding carboxylic acids is 1. The Morgan fingerprint density at radius 2 is 1.76 bits per heavy atom. The van der Waals surface area contributed by atoms with Crippen molar-refractivity contribution in [1.29, 1.82) is 0 Å². The number of para-hydroxylation sites is 1. The van der Waals surface area contributed by atoms with E-state index >= 15 is 0 Å². The molecule has 0 atom stereocenters. The first kappa shape index (κ1) is 18.7. The third kappa shape index (κ3) is 4.48. The normalized spacial score (nSPS) is 11.2. The molecule has 0 aliphatic carbocycles. The second-order valence-electron chi connectivity index (χ2n) is 4.88. The maximum absolute atomic E-state index is 13.5. The molecule has 6 nitrogen and oxygen atoms in total. The molecule has 0 saturated heterocycles. The molecule has 2 aromatic rings. The maximum Gasteiger partial charge on any atom is 0.272 e. The summed E-state index contributed by atoms with van der Waals surface area (Å²) in [6.07, 6.45) is 0. The Hall–Kier alpha value is -2.59. The van der Waals surface area contributed by atoms with Gasteiger partial charge in [-0.05, 0) is 30.7 Å². The smallest absolute Gasteiger partial charge is 0.272 e. The number of amides is 1. The minimum absolute atomic E-state index is 0.423. The third-order valence-corrected chi connectivity index (χ3v) is 4.33. The van der Waals surface area contributed by atoms with E-state index in [-0.39, 0.29) is 0 Å². The lowest BCUT2D eigenvalue weighted by atomic mass is 10.2. The number of carbonyl (C=O) groups is 1. The number of nitrogens with one attached hydrogen (secondary N) is 2. The van der Waals surface area contributed by atoms with Crippen LogP contribution in [0.2, 0.25) is 0 Å². The number of sulfonamides is 1. The number of hydrazine groups is 1. The highest BCUT2D eigenvalue weighted by Crippen LogP contribution is 2.19. The molecule has 10 heteroatoms. The lowest BCUT2D eigenvalue weighted by Crippen LogP contribution is -2.44. The first-order valence-corrected chi connectivity index (χ1v) is 8.33. The zero-order chi connectivity index (χ0) is 18.6. The summed E-state index contributed by atoms with van der Waals surface area (Å²) in [7, 11) is -4.64. The van der Waals surface area contributed by atoms with Crippen LogP contribution >= 0.6 is 0 Å². The molecule has 0 spiro atoms. The quantitative estimate of drug-likeness (QED) is 0.597. The second kappa shape index (κ2) is 7.53. The highest BCUT2D eigenvalue weighted by atomic mass is 32.2. The summed E-state index contributed by atoms with van der Waals surface area (Å²) in [6, 6.07) is 7.81. The van der Waals surface area contributed by atoms with Gasteiger partial charge in [0, 0.05) is 0 Å². The molecule has 25 heavy (non-hydrogen) atoms. The predicted molar refractivity (Wildman–Crippen MR) is 81.5 cm³/mol. The molecule has 0 aliphatic heterocycles. The molecule has 0 bridgehead atoms. The van der Waals surface area contributed by atoms with Crippen molar-refractivity contribution in [3.05, 3.63) is 59.4 Å². The summed E-state index contributed by atoms with van der Waals surface area (Å²) in [4.78, 5) is 12.1. The summed E-state index contributed by atoms with van der Waals surface area (Å²) >= 11 is 0. The van der Waals surface area contributed by atoms with Gasteiger partial charge in [0.05, 0.1) is 0 Å². The number of rotatable bonds is 6. The van der Waals surface area contributed by atoms with Crippen LogP contribution in [0.4, 0.5) is 13.2 Å². The summed E-state index contributed by atoms with van der Waals surface area (Å²) in [5, 5.41) is 0. The Morgan fingerprint density at radius 1 is 1.08 bits per heavy atom. The Morgan fingerprint density at radius 3 is 2.44 bits per heavy atom. The van der Waals surface area contributed by atoms with Crippen molar-refractivity contribution in [1.82, 2.24) is 10.3 Å². The van der Waals surface area contributed by atoms with E-state index in [0.717, 1.165) is 5.56 Å². The summed E-state index contributed by atoms with van der Waals surface area (Å²) in [5.41, 5.74) is 2.55. The fourth-order valence-electron chi connectivity index (χ4n) is 1.79. The predicted octanol–water partition coefficient (Wildman–Crippen LogP) is 1.80. The molecule has 134 valence electrons. The van der Waals surface area contributed by atoms with Crippen LogP contribution in [-0.4, -0.2) is 20.9 Å². The van der Waals surface area contributed by atoms with Crippen molar-refractivity contribution in [2.45, 2.75) is 11.8 Å². The van der Waals surface area contributed by atoms with Crippen molar-refractivity contribution in [2.75, 3.05) is 6.61 Å². The van der Waals surface area contributed by atoms with Gasteiger partial charge in [0.25, 0.3) is 15.9 Å². The zero-order valence-electron chi connectivity index (χ0n) is 12.8. The van der Waals surface area contributed by atoms with Crippen molar-refractivity contribution in [2.24, 2.45) is 0 Å². The number of aryl methyl sites for hydroxylation is 1. The SMILES string of the molecule is Cc1ccccc1OCC(=O)NNS(=O)(=O)c1ccc(F)c(F)c1F. The molecule has 2 rings (SSSR count). The van der Waals surface area contributed by atoms with Crippen LogP contribution in [0.25, 0.3) is 0 Å². The summed E-state index contributed by atoms with van der Waals surface area (Å²) < 4.78 is 68.4. The molecular formula is C15H13F3N2O4S. The molecule has 0 saturated carbocycles. The van der Waals surface area contributed by atoms with E-state index in [9.17, 15) is 26.4 Å². The number of halogens is 3. The highest BCUT2D eigenvalue weighted by molar-refractivity contribution is 7.89. The fraction of sp³-hybridized carbons (Fsp3) is 0.133. The van der Waals surface area contributed by atoms with E-state index < -0.39 is 44.9 Å². The minimum Gasteiger partial charge on any atom is -0.483 e. The Balaban J connectivity index is 1.99. The average Bonchev–Trinajstić information content (AvgIpc) is 2.57. The van der Waals surface area contributed by atoms with E-state index in [1.165, 1.54) is 0 Å². The molecule has 0 heterocycles. The van der Waals surface area contributed by atoms with E-state index in [4.69, 9.17) is 4.74 Å². The summed E-state index contributed by atoms with van der Waals surface area (Å²) in [6.45, 7) is 1.23. The molecule has 2 N–H and O–H groups in total. The lowest BCUT2D eigenvalue weighted by Gasteiger charge is -2.11. The monoisotopic (exact) mass is 374 g/mol. The van der Waals surface area contributed by atoms with Gasteiger partial charge >= 0.3 is 0 Å². The molecule has 0 aromatic heterocycles. The molecule has 0 unspecified atom stereocenters. The molecule has 1 amide bonds. The number of hydrogen-bond acceptors (Lipinski definition) is 4. The zero-order valence-corrected chi connectivity index (χ0v) is 13.7. The average molecular weight is 374 g/mol. The first-order chi connectivity index (χ1) is 11.7. The van der Waals surface area contributed by atoms with Crippen LogP contribution in [0.1, 0.15) is 5.56 Å². The number of ether oxygens (including phenoxy) is 1. The molecule has 2 aromatic carbocycles. The van der Waals surface area contributed by atoms with Crippen molar-refractivity contribution in [3.63, 3.8) is 0 Å². The van der Waals surface area contributed by atoms with Crippen molar-refractivity contribution >= 4 is 15.9 Å².